The van der Waals surface area contributed by atoms with E-state index in [4.69, 9.17) is 0 Å². The van der Waals surface area contributed by atoms with Crippen molar-refractivity contribution in [1.29, 1.82) is 0 Å². The van der Waals surface area contributed by atoms with E-state index in [1.807, 2.05) is 6.07 Å². The van der Waals surface area contributed by atoms with E-state index < -0.39 is 11.7 Å². The van der Waals surface area contributed by atoms with Gasteiger partial charge < -0.3 is 10.6 Å². The molecular formula is C22H28F3IN4. The van der Waals surface area contributed by atoms with Gasteiger partial charge in [0.05, 0.1) is 5.56 Å². The van der Waals surface area contributed by atoms with Crippen LogP contribution in [0.15, 0.2) is 59.6 Å². The van der Waals surface area contributed by atoms with E-state index in [1.54, 1.807) is 13.1 Å². The number of hydrogen-bond acceptors (Lipinski definition) is 2. The Morgan fingerprint density at radius 2 is 1.70 bits per heavy atom. The number of halogens is 4. The average molecular weight is 532 g/mol. The molecule has 0 spiro atoms. The maximum atomic E-state index is 12.9. The molecule has 0 atom stereocenters. The second kappa shape index (κ2) is 11.5. The summed E-state index contributed by atoms with van der Waals surface area (Å²) < 4.78 is 38.6. The summed E-state index contributed by atoms with van der Waals surface area (Å²) >= 11 is 0. The van der Waals surface area contributed by atoms with Crippen LogP contribution in [0.25, 0.3) is 0 Å². The lowest BCUT2D eigenvalue weighted by molar-refractivity contribution is -0.137. The number of piperidine rings is 1. The van der Waals surface area contributed by atoms with Gasteiger partial charge in [0, 0.05) is 39.3 Å². The molecule has 0 unspecified atom stereocenters. The lowest BCUT2D eigenvalue weighted by Crippen LogP contribution is -2.48. The molecule has 4 nitrogen and oxygen atoms in total. The van der Waals surface area contributed by atoms with E-state index in [9.17, 15) is 13.2 Å². The summed E-state index contributed by atoms with van der Waals surface area (Å²) in [5.41, 5.74) is 1.25. The minimum absolute atomic E-state index is 0. The Morgan fingerprint density at radius 3 is 2.33 bits per heavy atom. The fraction of sp³-hybridized carbons (Fsp3) is 0.409. The van der Waals surface area contributed by atoms with Crippen molar-refractivity contribution in [3.63, 3.8) is 0 Å². The first-order valence-electron chi connectivity index (χ1n) is 9.83. The summed E-state index contributed by atoms with van der Waals surface area (Å²) in [6.07, 6.45) is -2.34. The Labute approximate surface area is 193 Å². The van der Waals surface area contributed by atoms with E-state index >= 15 is 0 Å². The fourth-order valence-electron chi connectivity index (χ4n) is 3.51. The normalized spacial score (nSPS) is 16.1. The monoisotopic (exact) mass is 532 g/mol. The Balaban J connectivity index is 0.00000320. The highest BCUT2D eigenvalue weighted by Crippen LogP contribution is 2.29. The van der Waals surface area contributed by atoms with Gasteiger partial charge >= 0.3 is 6.18 Å². The smallest absolute Gasteiger partial charge is 0.354 e. The first-order chi connectivity index (χ1) is 13.9. The molecule has 2 aromatic carbocycles. The molecule has 164 valence electrons. The standard InChI is InChI=1S/C22H27F3N4.HI/c1-26-21(27-15-18-8-5-9-19(14-18)22(23,24)25)28-20-10-12-29(13-11-20)16-17-6-3-2-4-7-17;/h2-9,14,20H,10-13,15-16H2,1H3,(H2,26,27,28);1H. The maximum absolute atomic E-state index is 12.9. The number of likely N-dealkylation sites (tertiary alicyclic amines) is 1. The number of rotatable bonds is 5. The molecule has 30 heavy (non-hydrogen) atoms. The third kappa shape index (κ3) is 7.46. The number of nitrogens with one attached hydrogen (secondary N) is 2. The molecule has 1 heterocycles. The number of hydrogen-bond donors (Lipinski definition) is 2. The zero-order valence-corrected chi connectivity index (χ0v) is 19.3. The molecule has 0 aromatic heterocycles. The van der Waals surface area contributed by atoms with Gasteiger partial charge in [0.1, 0.15) is 0 Å². The number of benzene rings is 2. The molecule has 0 aliphatic carbocycles. The van der Waals surface area contributed by atoms with Crippen LogP contribution in [-0.4, -0.2) is 37.0 Å². The highest BCUT2D eigenvalue weighted by atomic mass is 127. The van der Waals surface area contributed by atoms with Crippen LogP contribution < -0.4 is 10.6 Å². The molecule has 0 radical (unpaired) electrons. The molecule has 3 rings (SSSR count). The van der Waals surface area contributed by atoms with Gasteiger partial charge in [-0.15, -0.1) is 24.0 Å². The lowest BCUT2D eigenvalue weighted by Gasteiger charge is -2.33. The summed E-state index contributed by atoms with van der Waals surface area (Å²) in [7, 11) is 1.67. The van der Waals surface area contributed by atoms with Crippen LogP contribution >= 0.6 is 24.0 Å². The highest BCUT2D eigenvalue weighted by Gasteiger charge is 2.30. The van der Waals surface area contributed by atoms with Crippen LogP contribution in [0.4, 0.5) is 13.2 Å². The third-order valence-corrected chi connectivity index (χ3v) is 5.12. The maximum Gasteiger partial charge on any atom is 0.416 e. The molecule has 0 saturated carbocycles. The Hall–Kier alpha value is -1.81. The van der Waals surface area contributed by atoms with Crippen LogP contribution in [0, 0.1) is 0 Å². The topological polar surface area (TPSA) is 39.7 Å². The predicted molar refractivity (Wildman–Crippen MR) is 125 cm³/mol. The summed E-state index contributed by atoms with van der Waals surface area (Å²) in [4.78, 5) is 6.65. The lowest BCUT2D eigenvalue weighted by atomic mass is 10.0. The minimum Gasteiger partial charge on any atom is -0.354 e. The number of alkyl halides is 3. The Kier molecular flexibility index (Phi) is 9.41. The number of aliphatic imine (C=N–C) groups is 1. The molecule has 1 saturated heterocycles. The van der Waals surface area contributed by atoms with E-state index in [1.165, 1.54) is 17.7 Å². The Morgan fingerprint density at radius 1 is 1.03 bits per heavy atom. The van der Waals surface area contributed by atoms with Gasteiger partial charge in [-0.3, -0.25) is 9.89 Å². The van der Waals surface area contributed by atoms with Gasteiger partial charge in [0.2, 0.25) is 0 Å². The van der Waals surface area contributed by atoms with Crippen molar-refractivity contribution < 1.29 is 13.2 Å². The first kappa shape index (κ1) is 24.5. The van der Waals surface area contributed by atoms with Crippen molar-refractivity contribution in [3.8, 4) is 0 Å². The van der Waals surface area contributed by atoms with Gasteiger partial charge in [-0.2, -0.15) is 13.2 Å². The number of guanidine groups is 1. The SMILES string of the molecule is CN=C(NCc1cccc(C(F)(F)F)c1)NC1CCN(Cc2ccccc2)CC1.I. The zero-order chi connectivity index (χ0) is 20.7. The van der Waals surface area contributed by atoms with E-state index in [2.05, 4.69) is 44.8 Å². The van der Waals surface area contributed by atoms with E-state index in [-0.39, 0.29) is 30.5 Å². The average Bonchev–Trinajstić information content (AvgIpc) is 2.73. The predicted octanol–water partition coefficient (Wildman–Crippen LogP) is 4.65. The molecule has 1 aliphatic heterocycles. The molecular weight excluding hydrogens is 504 g/mol. The van der Waals surface area contributed by atoms with Crippen molar-refractivity contribution in [2.75, 3.05) is 20.1 Å². The molecule has 0 amide bonds. The second-order valence-corrected chi connectivity index (χ2v) is 7.30. The zero-order valence-electron chi connectivity index (χ0n) is 17.0. The summed E-state index contributed by atoms with van der Waals surface area (Å²) in [6, 6.07) is 16.1. The summed E-state index contributed by atoms with van der Waals surface area (Å²) in [6.45, 7) is 3.24. The van der Waals surface area contributed by atoms with Crippen LogP contribution in [0.2, 0.25) is 0 Å². The molecule has 8 heteroatoms. The van der Waals surface area contributed by atoms with Gasteiger partial charge in [0.25, 0.3) is 0 Å². The summed E-state index contributed by atoms with van der Waals surface area (Å²) in [5, 5.41) is 6.52. The van der Waals surface area contributed by atoms with Crippen molar-refractivity contribution in [3.05, 3.63) is 71.3 Å². The first-order valence-corrected chi connectivity index (χ1v) is 9.83. The number of nitrogens with zero attached hydrogens (tertiary/aromatic N) is 2. The summed E-state index contributed by atoms with van der Waals surface area (Å²) in [5.74, 6) is 0.615. The van der Waals surface area contributed by atoms with Crippen molar-refractivity contribution in [2.24, 2.45) is 4.99 Å². The fourth-order valence-corrected chi connectivity index (χ4v) is 3.51. The van der Waals surface area contributed by atoms with Crippen LogP contribution in [0.1, 0.15) is 29.5 Å². The van der Waals surface area contributed by atoms with Crippen molar-refractivity contribution in [2.45, 2.75) is 38.1 Å². The molecule has 2 aromatic rings. The van der Waals surface area contributed by atoms with Crippen LogP contribution in [0.5, 0.6) is 0 Å². The van der Waals surface area contributed by atoms with Gasteiger partial charge in [-0.1, -0.05) is 42.5 Å². The largest absolute Gasteiger partial charge is 0.416 e. The third-order valence-electron chi connectivity index (χ3n) is 5.12. The van der Waals surface area contributed by atoms with Gasteiger partial charge in [0.15, 0.2) is 5.96 Å². The molecule has 1 fully saturated rings. The minimum atomic E-state index is -4.33. The molecule has 1 aliphatic rings. The van der Waals surface area contributed by atoms with Crippen molar-refractivity contribution in [1.82, 2.24) is 15.5 Å². The van der Waals surface area contributed by atoms with E-state index in [0.717, 1.165) is 38.5 Å². The second-order valence-electron chi connectivity index (χ2n) is 7.30. The quantitative estimate of drug-likeness (QED) is 0.335. The van der Waals surface area contributed by atoms with Gasteiger partial charge in [-0.05, 0) is 36.1 Å². The van der Waals surface area contributed by atoms with Crippen LogP contribution in [-0.2, 0) is 19.3 Å². The molecule has 2 N–H and O–H groups in total. The highest BCUT2D eigenvalue weighted by molar-refractivity contribution is 14.0. The molecule has 0 bridgehead atoms. The van der Waals surface area contributed by atoms with Crippen LogP contribution in [0.3, 0.4) is 0 Å². The van der Waals surface area contributed by atoms with E-state index in [0.29, 0.717) is 17.6 Å². The van der Waals surface area contributed by atoms with Gasteiger partial charge in [-0.25, -0.2) is 0 Å². The van der Waals surface area contributed by atoms with Crippen molar-refractivity contribution >= 4 is 29.9 Å². The Bertz CT molecular complexity index is 804.